The van der Waals surface area contributed by atoms with Crippen molar-refractivity contribution < 1.29 is 23.4 Å². The predicted molar refractivity (Wildman–Crippen MR) is 137 cm³/mol. The molecule has 1 amide bonds. The fourth-order valence-electron chi connectivity index (χ4n) is 3.50. The summed E-state index contributed by atoms with van der Waals surface area (Å²) in [5.41, 5.74) is 2.75. The van der Waals surface area contributed by atoms with Crippen molar-refractivity contribution in [3.63, 3.8) is 0 Å². The van der Waals surface area contributed by atoms with E-state index in [0.717, 1.165) is 5.56 Å². The van der Waals surface area contributed by atoms with Crippen LogP contribution in [0, 0.1) is 0 Å². The number of nitrogens with zero attached hydrogens (tertiary/aromatic N) is 1. The van der Waals surface area contributed by atoms with E-state index in [1.165, 1.54) is 0 Å². The van der Waals surface area contributed by atoms with Gasteiger partial charge in [0.1, 0.15) is 5.52 Å². The Morgan fingerprint density at radius 2 is 1.54 bits per heavy atom. The zero-order valence-electron chi connectivity index (χ0n) is 19.5. The van der Waals surface area contributed by atoms with E-state index in [1.54, 1.807) is 48.5 Å². The molecule has 3 aromatic carbocycles. The fourth-order valence-corrected chi connectivity index (χ4v) is 4.02. The number of amides is 1. The van der Waals surface area contributed by atoms with E-state index >= 15 is 0 Å². The largest absolute Gasteiger partial charge is 0.490 e. The summed E-state index contributed by atoms with van der Waals surface area (Å²) in [5.74, 6) is 1.48. The van der Waals surface area contributed by atoms with Crippen LogP contribution in [0.15, 0.2) is 52.9 Å². The molecule has 182 valence electrons. The molecule has 1 N–H and O–H groups in total. The molecule has 4 rings (SSSR count). The molecule has 0 bridgehead atoms. The summed E-state index contributed by atoms with van der Waals surface area (Å²) in [6, 6.07) is 13.7. The third-order valence-electron chi connectivity index (χ3n) is 4.97. The first-order chi connectivity index (χ1) is 16.9. The van der Waals surface area contributed by atoms with Crippen LogP contribution < -0.4 is 19.5 Å². The molecule has 0 aliphatic rings. The van der Waals surface area contributed by atoms with Crippen LogP contribution in [-0.2, 0) is 0 Å². The number of ether oxygens (including phenoxy) is 3. The molecule has 0 saturated carbocycles. The standard InChI is InChI=1S/C26H24Cl2N2O5/c1-4-32-21-11-16(12-22(33-5-2)24(21)34-6-3)25(31)29-18-9-7-15(8-10-18)26-30-20-14-17(27)13-19(28)23(20)35-26/h7-14H,4-6H2,1-3H3,(H,29,31). The van der Waals surface area contributed by atoms with Crippen LogP contribution in [0.2, 0.25) is 10.0 Å². The third kappa shape index (κ3) is 5.47. The number of oxazole rings is 1. The third-order valence-corrected chi connectivity index (χ3v) is 5.47. The van der Waals surface area contributed by atoms with Gasteiger partial charge in [0, 0.05) is 21.8 Å². The fraction of sp³-hybridized carbons (Fsp3) is 0.231. The zero-order valence-corrected chi connectivity index (χ0v) is 21.0. The highest BCUT2D eigenvalue weighted by molar-refractivity contribution is 6.38. The number of benzene rings is 3. The molecule has 0 aliphatic heterocycles. The van der Waals surface area contributed by atoms with Gasteiger partial charge in [-0.3, -0.25) is 4.79 Å². The molecule has 4 aromatic rings. The van der Waals surface area contributed by atoms with E-state index in [9.17, 15) is 4.79 Å². The quantitative estimate of drug-likeness (QED) is 0.253. The first-order valence-electron chi connectivity index (χ1n) is 11.2. The van der Waals surface area contributed by atoms with Crippen molar-refractivity contribution in [1.29, 1.82) is 0 Å². The molecule has 7 nitrogen and oxygen atoms in total. The van der Waals surface area contributed by atoms with Gasteiger partial charge in [-0.05, 0) is 69.3 Å². The van der Waals surface area contributed by atoms with Crippen molar-refractivity contribution in [2.24, 2.45) is 0 Å². The molecule has 0 spiro atoms. The van der Waals surface area contributed by atoms with Gasteiger partial charge in [0.25, 0.3) is 5.91 Å². The minimum Gasteiger partial charge on any atom is -0.490 e. The Morgan fingerprint density at radius 1 is 0.914 bits per heavy atom. The first-order valence-corrected chi connectivity index (χ1v) is 11.9. The first kappa shape index (κ1) is 24.7. The van der Waals surface area contributed by atoms with E-state index in [4.69, 9.17) is 41.8 Å². The van der Waals surface area contributed by atoms with Crippen molar-refractivity contribution in [2.45, 2.75) is 20.8 Å². The topological polar surface area (TPSA) is 82.8 Å². The molecule has 0 radical (unpaired) electrons. The lowest BCUT2D eigenvalue weighted by molar-refractivity contribution is 0.102. The van der Waals surface area contributed by atoms with Gasteiger partial charge < -0.3 is 23.9 Å². The Balaban J connectivity index is 1.57. The van der Waals surface area contributed by atoms with Gasteiger partial charge >= 0.3 is 0 Å². The van der Waals surface area contributed by atoms with Crippen LogP contribution in [0.5, 0.6) is 17.2 Å². The van der Waals surface area contributed by atoms with Crippen LogP contribution >= 0.6 is 23.2 Å². The lowest BCUT2D eigenvalue weighted by atomic mass is 10.1. The lowest BCUT2D eigenvalue weighted by Crippen LogP contribution is -2.13. The van der Waals surface area contributed by atoms with Gasteiger partial charge in [-0.1, -0.05) is 23.2 Å². The van der Waals surface area contributed by atoms with Gasteiger partial charge in [-0.2, -0.15) is 0 Å². The number of hydrogen-bond acceptors (Lipinski definition) is 6. The van der Waals surface area contributed by atoms with Gasteiger partial charge in [-0.15, -0.1) is 0 Å². The number of carbonyl (C=O) groups excluding carboxylic acids is 1. The molecule has 0 atom stereocenters. The van der Waals surface area contributed by atoms with Crippen LogP contribution in [0.25, 0.3) is 22.6 Å². The monoisotopic (exact) mass is 514 g/mol. The Morgan fingerprint density at radius 3 is 2.14 bits per heavy atom. The number of aromatic nitrogens is 1. The average molecular weight is 515 g/mol. The molecule has 0 saturated heterocycles. The maximum absolute atomic E-state index is 13.0. The smallest absolute Gasteiger partial charge is 0.255 e. The van der Waals surface area contributed by atoms with Crippen molar-refractivity contribution in [3.05, 3.63) is 64.1 Å². The van der Waals surface area contributed by atoms with E-state index < -0.39 is 0 Å². The van der Waals surface area contributed by atoms with Crippen LogP contribution in [0.1, 0.15) is 31.1 Å². The zero-order chi connectivity index (χ0) is 24.9. The normalized spacial score (nSPS) is 10.9. The summed E-state index contributed by atoms with van der Waals surface area (Å²) >= 11 is 12.3. The molecule has 0 fully saturated rings. The van der Waals surface area contributed by atoms with Crippen LogP contribution in [0.3, 0.4) is 0 Å². The SMILES string of the molecule is CCOc1cc(C(=O)Nc2ccc(-c3nc4cc(Cl)cc(Cl)c4o3)cc2)cc(OCC)c1OCC. The predicted octanol–water partition coefficient (Wildman–Crippen LogP) is 7.25. The maximum Gasteiger partial charge on any atom is 0.255 e. The summed E-state index contributed by atoms with van der Waals surface area (Å²) in [6.07, 6.45) is 0. The van der Waals surface area contributed by atoms with Gasteiger partial charge in [0.2, 0.25) is 11.6 Å². The van der Waals surface area contributed by atoms with E-state index in [0.29, 0.717) is 75.4 Å². The number of rotatable bonds is 9. The van der Waals surface area contributed by atoms with Gasteiger partial charge in [0.15, 0.2) is 17.1 Å². The molecule has 0 aliphatic carbocycles. The number of hydrogen-bond donors (Lipinski definition) is 1. The molecule has 1 aromatic heterocycles. The van der Waals surface area contributed by atoms with E-state index in [-0.39, 0.29) is 5.91 Å². The summed E-state index contributed by atoms with van der Waals surface area (Å²) in [4.78, 5) is 17.5. The van der Waals surface area contributed by atoms with Crippen LogP contribution in [0.4, 0.5) is 5.69 Å². The number of anilines is 1. The summed E-state index contributed by atoms with van der Waals surface area (Å²) in [6.45, 7) is 6.89. The van der Waals surface area contributed by atoms with E-state index in [2.05, 4.69) is 10.3 Å². The number of halogens is 2. The Labute approximate surface area is 212 Å². The van der Waals surface area contributed by atoms with Crippen molar-refractivity contribution in [2.75, 3.05) is 25.1 Å². The lowest BCUT2D eigenvalue weighted by Gasteiger charge is -2.17. The molecular weight excluding hydrogens is 491 g/mol. The summed E-state index contributed by atoms with van der Waals surface area (Å²) in [7, 11) is 0. The second-order valence-electron chi connectivity index (χ2n) is 7.39. The van der Waals surface area contributed by atoms with Crippen LogP contribution in [-0.4, -0.2) is 30.7 Å². The molecule has 0 unspecified atom stereocenters. The number of carbonyl (C=O) groups is 1. The Hall–Kier alpha value is -3.42. The highest BCUT2D eigenvalue weighted by Crippen LogP contribution is 2.39. The number of fused-ring (bicyclic) bond motifs is 1. The molecule has 1 heterocycles. The Bertz CT molecular complexity index is 1330. The Kier molecular flexibility index (Phi) is 7.68. The highest BCUT2D eigenvalue weighted by atomic mass is 35.5. The van der Waals surface area contributed by atoms with Crippen molar-refractivity contribution in [1.82, 2.24) is 4.98 Å². The molecule has 9 heteroatoms. The molecule has 35 heavy (non-hydrogen) atoms. The summed E-state index contributed by atoms with van der Waals surface area (Å²) in [5, 5.41) is 3.76. The van der Waals surface area contributed by atoms with Gasteiger partial charge in [0.05, 0.1) is 24.8 Å². The van der Waals surface area contributed by atoms with E-state index in [1.807, 2.05) is 20.8 Å². The average Bonchev–Trinajstić information content (AvgIpc) is 3.26. The minimum absolute atomic E-state index is 0.314. The second kappa shape index (κ2) is 10.9. The number of nitrogens with one attached hydrogen (secondary N) is 1. The minimum atomic E-state index is -0.314. The highest BCUT2D eigenvalue weighted by Gasteiger charge is 2.19. The second-order valence-corrected chi connectivity index (χ2v) is 8.23. The van der Waals surface area contributed by atoms with Crippen molar-refractivity contribution in [3.8, 4) is 28.7 Å². The van der Waals surface area contributed by atoms with Crippen molar-refractivity contribution >= 4 is 45.9 Å². The molecular formula is C26H24Cl2N2O5. The maximum atomic E-state index is 13.0. The summed E-state index contributed by atoms with van der Waals surface area (Å²) < 4.78 is 22.9. The van der Waals surface area contributed by atoms with Gasteiger partial charge in [-0.25, -0.2) is 4.98 Å².